The highest BCUT2D eigenvalue weighted by Crippen LogP contribution is 2.23. The van der Waals surface area contributed by atoms with Crippen LogP contribution >= 0.6 is 15.9 Å². The summed E-state index contributed by atoms with van der Waals surface area (Å²) < 4.78 is 16.8. The van der Waals surface area contributed by atoms with Gasteiger partial charge in [-0.05, 0) is 54.4 Å². The molecule has 2 aromatic rings. The Labute approximate surface area is 155 Å². The van der Waals surface area contributed by atoms with Gasteiger partial charge in [0.15, 0.2) is 0 Å². The summed E-state index contributed by atoms with van der Waals surface area (Å²) in [6.07, 6.45) is 1.56. The van der Waals surface area contributed by atoms with Gasteiger partial charge in [0, 0.05) is 6.20 Å². The molecule has 134 valence electrons. The first-order valence-electron chi connectivity index (χ1n) is 7.76. The van der Waals surface area contributed by atoms with E-state index in [2.05, 4.69) is 25.9 Å². The molecule has 0 atom stereocenters. The standard InChI is InChI=1S/C18H21BrN2O4/c1-18(2,3)25-16(22)9-15-20-10-14(19)17(21-15)24-11-12-5-7-13(23-4)8-6-12/h5-8,10H,9,11H2,1-4H3. The van der Waals surface area contributed by atoms with Crippen molar-refractivity contribution < 1.29 is 19.0 Å². The van der Waals surface area contributed by atoms with Crippen molar-refractivity contribution in [2.75, 3.05) is 7.11 Å². The van der Waals surface area contributed by atoms with E-state index in [0.717, 1.165) is 11.3 Å². The number of hydrogen-bond acceptors (Lipinski definition) is 6. The number of rotatable bonds is 6. The Morgan fingerprint density at radius 1 is 1.20 bits per heavy atom. The molecule has 0 bridgehead atoms. The lowest BCUT2D eigenvalue weighted by Crippen LogP contribution is -2.25. The number of nitrogens with zero attached hydrogens (tertiary/aromatic N) is 2. The Kier molecular flexibility index (Phi) is 6.36. The van der Waals surface area contributed by atoms with E-state index in [4.69, 9.17) is 14.2 Å². The van der Waals surface area contributed by atoms with Gasteiger partial charge < -0.3 is 14.2 Å². The minimum atomic E-state index is -0.542. The molecule has 0 aliphatic heterocycles. The molecule has 0 saturated carbocycles. The van der Waals surface area contributed by atoms with Gasteiger partial charge in [-0.25, -0.2) is 4.98 Å². The fourth-order valence-electron chi connectivity index (χ4n) is 1.95. The fraction of sp³-hybridized carbons (Fsp3) is 0.389. The van der Waals surface area contributed by atoms with E-state index in [-0.39, 0.29) is 12.4 Å². The van der Waals surface area contributed by atoms with Crippen LogP contribution in [0.3, 0.4) is 0 Å². The zero-order valence-corrected chi connectivity index (χ0v) is 16.3. The Morgan fingerprint density at radius 3 is 2.48 bits per heavy atom. The van der Waals surface area contributed by atoms with Crippen molar-refractivity contribution in [3.05, 3.63) is 46.3 Å². The van der Waals surface area contributed by atoms with E-state index < -0.39 is 5.60 Å². The minimum absolute atomic E-state index is 0.0105. The van der Waals surface area contributed by atoms with Crippen LogP contribution in [0.25, 0.3) is 0 Å². The molecule has 0 aliphatic rings. The van der Waals surface area contributed by atoms with E-state index in [1.807, 2.05) is 45.0 Å². The maximum atomic E-state index is 11.9. The maximum Gasteiger partial charge on any atom is 0.314 e. The third-order valence-electron chi connectivity index (χ3n) is 3.02. The smallest absolute Gasteiger partial charge is 0.314 e. The summed E-state index contributed by atoms with van der Waals surface area (Å²) in [6, 6.07) is 7.55. The first kappa shape index (κ1) is 19.2. The average Bonchev–Trinajstić information content (AvgIpc) is 2.54. The molecule has 0 radical (unpaired) electrons. The van der Waals surface area contributed by atoms with Gasteiger partial charge in [-0.1, -0.05) is 12.1 Å². The highest BCUT2D eigenvalue weighted by molar-refractivity contribution is 9.10. The molecule has 6 nitrogen and oxygen atoms in total. The van der Waals surface area contributed by atoms with Gasteiger partial charge in [-0.3, -0.25) is 4.79 Å². The third-order valence-corrected chi connectivity index (χ3v) is 3.56. The normalized spacial score (nSPS) is 11.1. The predicted octanol–water partition coefficient (Wildman–Crippen LogP) is 3.71. The quantitative estimate of drug-likeness (QED) is 0.678. The Bertz CT molecular complexity index is 727. The van der Waals surface area contributed by atoms with Crippen molar-refractivity contribution in [3.8, 4) is 11.6 Å². The summed E-state index contributed by atoms with van der Waals surface area (Å²) in [5.41, 5.74) is 0.431. The molecule has 0 fully saturated rings. The zero-order chi connectivity index (χ0) is 18.4. The second kappa shape index (κ2) is 8.29. The topological polar surface area (TPSA) is 70.5 Å². The number of hydrogen-bond donors (Lipinski definition) is 0. The van der Waals surface area contributed by atoms with Crippen LogP contribution < -0.4 is 9.47 Å². The Hall–Kier alpha value is -2.15. The molecule has 2 rings (SSSR count). The molecular weight excluding hydrogens is 388 g/mol. The van der Waals surface area contributed by atoms with E-state index in [1.165, 1.54) is 0 Å². The van der Waals surface area contributed by atoms with E-state index >= 15 is 0 Å². The second-order valence-electron chi connectivity index (χ2n) is 6.34. The minimum Gasteiger partial charge on any atom is -0.497 e. The molecule has 1 heterocycles. The largest absolute Gasteiger partial charge is 0.497 e. The van der Waals surface area contributed by atoms with Crippen molar-refractivity contribution in [2.45, 2.75) is 39.4 Å². The molecular formula is C18H21BrN2O4. The zero-order valence-electron chi connectivity index (χ0n) is 14.7. The van der Waals surface area contributed by atoms with Crippen molar-refractivity contribution in [3.63, 3.8) is 0 Å². The summed E-state index contributed by atoms with van der Waals surface area (Å²) in [5, 5.41) is 0. The van der Waals surface area contributed by atoms with Crippen molar-refractivity contribution >= 4 is 21.9 Å². The number of ether oxygens (including phenoxy) is 3. The number of methoxy groups -OCH3 is 1. The Morgan fingerprint density at radius 2 is 1.88 bits per heavy atom. The summed E-state index contributed by atoms with van der Waals surface area (Å²) in [6.45, 7) is 5.79. The molecule has 0 amide bonds. The van der Waals surface area contributed by atoms with Crippen LogP contribution in [0.15, 0.2) is 34.9 Å². The highest BCUT2D eigenvalue weighted by atomic mass is 79.9. The van der Waals surface area contributed by atoms with E-state index in [9.17, 15) is 4.79 Å². The van der Waals surface area contributed by atoms with E-state index in [0.29, 0.717) is 22.8 Å². The second-order valence-corrected chi connectivity index (χ2v) is 7.19. The molecule has 0 spiro atoms. The number of esters is 1. The van der Waals surface area contributed by atoms with Crippen LogP contribution in [0.2, 0.25) is 0 Å². The summed E-state index contributed by atoms with van der Waals surface area (Å²) in [7, 11) is 1.62. The monoisotopic (exact) mass is 408 g/mol. The van der Waals surface area contributed by atoms with Gasteiger partial charge in [0.05, 0.1) is 11.6 Å². The van der Waals surface area contributed by atoms with Crippen LogP contribution in [0.5, 0.6) is 11.6 Å². The first-order valence-corrected chi connectivity index (χ1v) is 8.55. The summed E-state index contributed by atoms with van der Waals surface area (Å²) >= 11 is 3.36. The lowest BCUT2D eigenvalue weighted by Gasteiger charge is -2.19. The number of carbonyl (C=O) groups is 1. The van der Waals surface area contributed by atoms with Crippen LogP contribution in [0.1, 0.15) is 32.2 Å². The molecule has 25 heavy (non-hydrogen) atoms. The third kappa shape index (κ3) is 6.34. The van der Waals surface area contributed by atoms with Gasteiger partial charge >= 0.3 is 5.97 Å². The maximum absolute atomic E-state index is 11.9. The Balaban J connectivity index is 2.01. The SMILES string of the molecule is COc1ccc(COc2nc(CC(=O)OC(C)(C)C)ncc2Br)cc1. The van der Waals surface area contributed by atoms with Crippen molar-refractivity contribution in [1.29, 1.82) is 0 Å². The lowest BCUT2D eigenvalue weighted by atomic mass is 10.2. The fourth-order valence-corrected chi connectivity index (χ4v) is 2.26. The number of benzene rings is 1. The van der Waals surface area contributed by atoms with Gasteiger partial charge in [0.2, 0.25) is 5.88 Å². The summed E-state index contributed by atoms with van der Waals surface area (Å²) in [5.74, 6) is 1.13. The number of aromatic nitrogens is 2. The predicted molar refractivity (Wildman–Crippen MR) is 96.6 cm³/mol. The van der Waals surface area contributed by atoms with E-state index in [1.54, 1.807) is 13.3 Å². The van der Waals surface area contributed by atoms with Gasteiger partial charge in [0.1, 0.15) is 30.2 Å². The van der Waals surface area contributed by atoms with Crippen LogP contribution in [-0.4, -0.2) is 28.6 Å². The molecule has 1 aromatic carbocycles. The molecule has 0 aliphatic carbocycles. The lowest BCUT2D eigenvalue weighted by molar-refractivity contribution is -0.154. The summed E-state index contributed by atoms with van der Waals surface area (Å²) in [4.78, 5) is 20.3. The molecule has 0 N–H and O–H groups in total. The number of halogens is 1. The highest BCUT2D eigenvalue weighted by Gasteiger charge is 2.18. The van der Waals surface area contributed by atoms with Crippen molar-refractivity contribution in [1.82, 2.24) is 9.97 Å². The first-order chi connectivity index (χ1) is 11.8. The molecule has 0 saturated heterocycles. The van der Waals surface area contributed by atoms with Gasteiger partial charge in [-0.2, -0.15) is 4.98 Å². The van der Waals surface area contributed by atoms with Crippen molar-refractivity contribution in [2.24, 2.45) is 0 Å². The molecule has 0 unspecified atom stereocenters. The molecule has 1 aromatic heterocycles. The number of carbonyl (C=O) groups excluding carboxylic acids is 1. The van der Waals surface area contributed by atoms with Gasteiger partial charge in [-0.15, -0.1) is 0 Å². The van der Waals surface area contributed by atoms with Crippen LogP contribution in [-0.2, 0) is 22.6 Å². The average molecular weight is 409 g/mol. The van der Waals surface area contributed by atoms with Crippen LogP contribution in [0.4, 0.5) is 0 Å². The van der Waals surface area contributed by atoms with Gasteiger partial charge in [0.25, 0.3) is 0 Å². The van der Waals surface area contributed by atoms with Crippen LogP contribution in [0, 0.1) is 0 Å². The molecule has 7 heteroatoms.